The molecule has 90 valence electrons. The van der Waals surface area contributed by atoms with Gasteiger partial charge in [0.2, 0.25) is 0 Å². The van der Waals surface area contributed by atoms with Gasteiger partial charge in [0, 0.05) is 17.7 Å². The normalized spacial score (nSPS) is 10.2. The van der Waals surface area contributed by atoms with E-state index in [4.69, 9.17) is 0 Å². The Kier molecular flexibility index (Phi) is 3.82. The Morgan fingerprint density at radius 1 is 1.11 bits per heavy atom. The second-order valence-electron chi connectivity index (χ2n) is 4.62. The van der Waals surface area contributed by atoms with Crippen molar-refractivity contribution in [2.24, 2.45) is 0 Å². The number of hydrogen-bond donors (Lipinski definition) is 0. The van der Waals surface area contributed by atoms with E-state index >= 15 is 0 Å². The molecular formula is C17H17N. The zero-order valence-corrected chi connectivity index (χ0v) is 10.9. The van der Waals surface area contributed by atoms with Crippen molar-refractivity contribution in [2.75, 3.05) is 20.6 Å². The van der Waals surface area contributed by atoms with Crippen molar-refractivity contribution in [1.82, 2.24) is 4.90 Å². The maximum absolute atomic E-state index is 3.97. The number of benzene rings is 2. The van der Waals surface area contributed by atoms with Crippen LogP contribution in [0.4, 0.5) is 0 Å². The fourth-order valence-electron chi connectivity index (χ4n) is 1.91. The predicted molar refractivity (Wildman–Crippen MR) is 78.5 cm³/mol. The highest BCUT2D eigenvalue weighted by atomic mass is 15.0. The van der Waals surface area contributed by atoms with Crippen LogP contribution >= 0.6 is 0 Å². The molecule has 0 aliphatic heterocycles. The Morgan fingerprint density at radius 3 is 2.61 bits per heavy atom. The molecule has 0 atom stereocenters. The summed E-state index contributed by atoms with van der Waals surface area (Å²) >= 11 is 0. The van der Waals surface area contributed by atoms with Crippen molar-refractivity contribution in [3.8, 4) is 11.8 Å². The van der Waals surface area contributed by atoms with Crippen LogP contribution in [0, 0.1) is 11.8 Å². The number of nitrogens with zero attached hydrogens (tertiary/aromatic N) is 1. The van der Waals surface area contributed by atoms with Crippen LogP contribution in [0.2, 0.25) is 0 Å². The summed E-state index contributed by atoms with van der Waals surface area (Å²) in [6.07, 6.45) is 0. The highest BCUT2D eigenvalue weighted by molar-refractivity contribution is 5.88. The fraction of sp³-hybridized carbons (Fsp3) is 0.176. The minimum absolute atomic E-state index is 0.803. The van der Waals surface area contributed by atoms with Crippen molar-refractivity contribution in [3.05, 3.63) is 60.2 Å². The first-order valence-corrected chi connectivity index (χ1v) is 5.99. The topological polar surface area (TPSA) is 3.24 Å². The molecule has 0 aliphatic rings. The third kappa shape index (κ3) is 3.00. The number of fused-ring (bicyclic) bond motifs is 1. The molecule has 0 fully saturated rings. The van der Waals surface area contributed by atoms with Crippen molar-refractivity contribution < 1.29 is 0 Å². The summed E-state index contributed by atoms with van der Waals surface area (Å²) in [6.45, 7) is 4.78. The predicted octanol–water partition coefficient (Wildman–Crippen LogP) is 3.31. The lowest BCUT2D eigenvalue weighted by molar-refractivity contribution is 0.450. The van der Waals surface area contributed by atoms with Gasteiger partial charge in [-0.05, 0) is 30.9 Å². The molecule has 18 heavy (non-hydrogen) atoms. The van der Waals surface area contributed by atoms with E-state index < -0.39 is 0 Å². The average Bonchev–Trinajstić information content (AvgIpc) is 2.35. The van der Waals surface area contributed by atoms with Gasteiger partial charge in [-0.3, -0.25) is 0 Å². The summed E-state index contributed by atoms with van der Waals surface area (Å²) in [4.78, 5) is 2.07. The lowest BCUT2D eigenvalue weighted by atomic mass is 10.0. The Bertz CT molecular complexity index is 621. The Labute approximate surface area is 109 Å². The lowest BCUT2D eigenvalue weighted by Gasteiger charge is -2.06. The van der Waals surface area contributed by atoms with E-state index in [2.05, 4.69) is 47.6 Å². The molecule has 2 aromatic carbocycles. The summed E-state index contributed by atoms with van der Waals surface area (Å²) in [6, 6.07) is 14.5. The summed E-state index contributed by atoms with van der Waals surface area (Å²) < 4.78 is 0. The third-order valence-electron chi connectivity index (χ3n) is 2.67. The maximum Gasteiger partial charge on any atom is 0.0327 e. The zero-order chi connectivity index (χ0) is 13.0. The van der Waals surface area contributed by atoms with Gasteiger partial charge in [-0.2, -0.15) is 0 Å². The second-order valence-corrected chi connectivity index (χ2v) is 4.62. The van der Waals surface area contributed by atoms with Gasteiger partial charge in [-0.1, -0.05) is 54.8 Å². The summed E-state index contributed by atoms with van der Waals surface area (Å²) in [7, 11) is 4.04. The average molecular weight is 235 g/mol. The number of rotatable bonds is 2. The molecule has 1 nitrogen and oxygen atoms in total. The van der Waals surface area contributed by atoms with Gasteiger partial charge in [-0.15, -0.1) is 0 Å². The standard InChI is InChI=1S/C17H17N/c1-14(13-18(2)3)11-12-16-9-6-8-15-7-4-5-10-17(15)16/h4-10H,1,13H2,2-3H3. The van der Waals surface area contributed by atoms with Crippen LogP contribution < -0.4 is 0 Å². The highest BCUT2D eigenvalue weighted by Gasteiger charge is 1.96. The SMILES string of the molecule is C=C(C#Cc1cccc2ccccc12)CN(C)C. The zero-order valence-electron chi connectivity index (χ0n) is 10.9. The van der Waals surface area contributed by atoms with Crippen LogP contribution in [-0.4, -0.2) is 25.5 Å². The van der Waals surface area contributed by atoms with E-state index in [1.165, 1.54) is 10.8 Å². The molecule has 2 rings (SSSR count). The molecular weight excluding hydrogens is 218 g/mol. The molecule has 0 bridgehead atoms. The highest BCUT2D eigenvalue weighted by Crippen LogP contribution is 2.17. The number of hydrogen-bond acceptors (Lipinski definition) is 1. The molecule has 0 radical (unpaired) electrons. The van der Waals surface area contributed by atoms with Gasteiger partial charge in [0.25, 0.3) is 0 Å². The molecule has 1 heteroatoms. The van der Waals surface area contributed by atoms with Crippen LogP contribution in [0.25, 0.3) is 10.8 Å². The molecule has 0 N–H and O–H groups in total. The van der Waals surface area contributed by atoms with E-state index in [1.807, 2.05) is 32.3 Å². The van der Waals surface area contributed by atoms with Crippen LogP contribution in [0.15, 0.2) is 54.6 Å². The van der Waals surface area contributed by atoms with Crippen molar-refractivity contribution in [2.45, 2.75) is 0 Å². The summed E-state index contributed by atoms with van der Waals surface area (Å²) in [5.41, 5.74) is 2.00. The van der Waals surface area contributed by atoms with Gasteiger partial charge < -0.3 is 4.90 Å². The largest absolute Gasteiger partial charge is 0.305 e. The molecule has 0 spiro atoms. The summed E-state index contributed by atoms with van der Waals surface area (Å²) in [5, 5.41) is 2.42. The first-order chi connectivity index (χ1) is 8.66. The van der Waals surface area contributed by atoms with Crippen molar-refractivity contribution in [1.29, 1.82) is 0 Å². The van der Waals surface area contributed by atoms with Crippen molar-refractivity contribution >= 4 is 10.8 Å². The van der Waals surface area contributed by atoms with Gasteiger partial charge in [0.05, 0.1) is 0 Å². The molecule has 0 heterocycles. The van der Waals surface area contributed by atoms with Crippen LogP contribution in [-0.2, 0) is 0 Å². The molecule has 2 aromatic rings. The smallest absolute Gasteiger partial charge is 0.0327 e. The third-order valence-corrected chi connectivity index (χ3v) is 2.67. The molecule has 0 unspecified atom stereocenters. The Morgan fingerprint density at radius 2 is 1.83 bits per heavy atom. The first-order valence-electron chi connectivity index (χ1n) is 5.99. The monoisotopic (exact) mass is 235 g/mol. The Balaban J connectivity index is 2.33. The minimum Gasteiger partial charge on any atom is -0.305 e. The molecule has 0 saturated carbocycles. The lowest BCUT2D eigenvalue weighted by Crippen LogP contribution is -2.13. The number of likely N-dealkylation sites (N-methyl/N-ethyl adjacent to an activating group) is 1. The van der Waals surface area contributed by atoms with Crippen molar-refractivity contribution in [3.63, 3.8) is 0 Å². The van der Waals surface area contributed by atoms with E-state index in [1.54, 1.807) is 0 Å². The first kappa shape index (κ1) is 12.4. The fourth-order valence-corrected chi connectivity index (χ4v) is 1.91. The van der Waals surface area contributed by atoms with E-state index in [-0.39, 0.29) is 0 Å². The van der Waals surface area contributed by atoms with Gasteiger partial charge in [0.15, 0.2) is 0 Å². The van der Waals surface area contributed by atoms with Gasteiger partial charge in [0.1, 0.15) is 0 Å². The second kappa shape index (κ2) is 5.53. The maximum atomic E-state index is 3.97. The van der Waals surface area contributed by atoms with Gasteiger partial charge >= 0.3 is 0 Å². The van der Waals surface area contributed by atoms with Gasteiger partial charge in [-0.25, -0.2) is 0 Å². The minimum atomic E-state index is 0.803. The van der Waals surface area contributed by atoms with Crippen LogP contribution in [0.5, 0.6) is 0 Å². The molecule has 0 amide bonds. The molecule has 0 aromatic heterocycles. The quantitative estimate of drug-likeness (QED) is 0.722. The molecule has 0 saturated heterocycles. The Hall–Kier alpha value is -2.04. The van der Waals surface area contributed by atoms with E-state index in [9.17, 15) is 0 Å². The van der Waals surface area contributed by atoms with Crippen LogP contribution in [0.1, 0.15) is 5.56 Å². The summed E-state index contributed by atoms with van der Waals surface area (Å²) in [5.74, 6) is 6.35. The molecule has 0 aliphatic carbocycles. The van der Waals surface area contributed by atoms with E-state index in [0.29, 0.717) is 0 Å². The van der Waals surface area contributed by atoms with Crippen LogP contribution in [0.3, 0.4) is 0 Å². The van der Waals surface area contributed by atoms with E-state index in [0.717, 1.165) is 17.7 Å².